The van der Waals surface area contributed by atoms with Crippen LogP contribution in [0.4, 0.5) is 57.8 Å². The van der Waals surface area contributed by atoms with Crippen molar-refractivity contribution >= 4 is 46.1 Å². The summed E-state index contributed by atoms with van der Waals surface area (Å²) in [6, 6.07) is 28.6. The van der Waals surface area contributed by atoms with Crippen molar-refractivity contribution in [3.63, 3.8) is 0 Å². The van der Waals surface area contributed by atoms with E-state index in [1.807, 2.05) is 90.3 Å². The number of hydrogen-bond acceptors (Lipinski definition) is 28. The van der Waals surface area contributed by atoms with Crippen LogP contribution in [0.2, 0.25) is 0 Å². The van der Waals surface area contributed by atoms with Gasteiger partial charge in [0.05, 0.1) is 65.8 Å². The van der Waals surface area contributed by atoms with Gasteiger partial charge in [-0.25, -0.2) is 17.6 Å². The first-order valence-electron chi connectivity index (χ1n) is 46.2. The second-order valence-corrected chi connectivity index (χ2v) is 37.6. The third kappa shape index (κ3) is 18.2. The molecule has 10 aliphatic rings. The van der Waals surface area contributed by atoms with Gasteiger partial charge < -0.3 is 83.2 Å². The van der Waals surface area contributed by atoms with E-state index in [0.29, 0.717) is 97.3 Å². The SMILES string of the molecule is CNc1cc(F)cc2c1Cc1nc(Oc3ccc(C)nc3)nc(C3CCCC(C)(N)C3)c1-2.CNc1cc(F)cc2c1Cc1nc(Oc3ccc(C)nc3)nc(N3CC(C)C(CN)C3)c1-2.CNc1cc(F)cc2c1Cc1nc(Oc3ccc(C)nc3)nc(N3CC4CCC[C@H](N)C4C3)c1-2.CNc1cc(F)cc2c1Cc1nc(Oc3ccc(C)nc3)nc(N3C[C@@H](NC(=O)CN)C4(CC4)C3)c1-2. The number of ether oxygens (including phenoxy) is 4. The van der Waals surface area contributed by atoms with Crippen molar-refractivity contribution in [2.24, 2.45) is 52.0 Å². The Bertz CT molecular complexity index is 6490. The smallest absolute Gasteiger partial charge is 0.324 e. The number of hydrogen-bond donors (Lipinski definition) is 9. The number of aryl methyl sites for hydroxylation is 4. The summed E-state index contributed by atoms with van der Waals surface area (Å²) in [5, 5.41) is 15.6. The van der Waals surface area contributed by atoms with Crippen LogP contribution in [0.25, 0.3) is 44.5 Å². The number of carbonyl (C=O) groups excluding carboxylic acids is 1. The van der Waals surface area contributed by atoms with E-state index in [4.69, 9.17) is 81.8 Å². The first-order valence-corrected chi connectivity index (χ1v) is 46.2. The number of nitrogens with two attached hydrogens (primary N) is 4. The number of anilines is 7. The largest absolute Gasteiger partial charge is 0.423 e. The fourth-order valence-electron chi connectivity index (χ4n) is 21.2. The van der Waals surface area contributed by atoms with Crippen LogP contribution < -0.4 is 83.2 Å². The molecule has 0 bridgehead atoms. The lowest BCUT2D eigenvalue weighted by molar-refractivity contribution is -0.120. The highest BCUT2D eigenvalue weighted by molar-refractivity contribution is 5.92. The summed E-state index contributed by atoms with van der Waals surface area (Å²) in [4.78, 5) is 74.4. The summed E-state index contributed by atoms with van der Waals surface area (Å²) >= 11 is 0. The molecular weight excluding hydrogens is 1710 g/mol. The monoisotopic (exact) mass is 1820 g/mol. The number of aromatic nitrogens is 12. The number of pyridine rings is 4. The summed E-state index contributed by atoms with van der Waals surface area (Å²) in [6.45, 7) is 17.3. The van der Waals surface area contributed by atoms with Gasteiger partial charge in [-0.15, -0.1) is 0 Å². The number of carbonyl (C=O) groups is 1. The highest BCUT2D eigenvalue weighted by Crippen LogP contribution is 2.57. The average Bonchev–Trinajstić information content (AvgIpc) is 1.56. The van der Waals surface area contributed by atoms with Gasteiger partial charge in [-0.05, 0) is 251 Å². The van der Waals surface area contributed by atoms with Gasteiger partial charge >= 0.3 is 24.0 Å². The van der Waals surface area contributed by atoms with E-state index in [9.17, 15) is 22.4 Å². The molecule has 694 valence electrons. The van der Waals surface area contributed by atoms with Crippen LogP contribution in [-0.4, -0.2) is 164 Å². The Kier molecular flexibility index (Phi) is 24.7. The second kappa shape index (κ2) is 36.9. The molecule has 1 spiro atoms. The fraction of sp³-hybridized carbons (Fsp3) is 0.396. The lowest BCUT2D eigenvalue weighted by Crippen LogP contribution is -2.44. The second-order valence-electron chi connectivity index (χ2n) is 37.6. The van der Waals surface area contributed by atoms with Crippen molar-refractivity contribution in [1.29, 1.82) is 0 Å². The Morgan fingerprint density at radius 2 is 0.866 bits per heavy atom. The number of rotatable bonds is 19. The Labute approximate surface area is 775 Å². The maximum Gasteiger partial charge on any atom is 0.324 e. The van der Waals surface area contributed by atoms with Crippen molar-refractivity contribution in [3.05, 3.63) is 219 Å². The summed E-state index contributed by atoms with van der Waals surface area (Å²) < 4.78 is 82.2. The van der Waals surface area contributed by atoms with Crippen LogP contribution in [0.3, 0.4) is 0 Å². The van der Waals surface area contributed by atoms with Crippen molar-refractivity contribution in [2.45, 2.75) is 149 Å². The molecule has 8 aromatic heterocycles. The minimum Gasteiger partial charge on any atom is -0.423 e. The van der Waals surface area contributed by atoms with Crippen LogP contribution in [0.15, 0.2) is 122 Å². The Hall–Kier alpha value is -13.4. The van der Waals surface area contributed by atoms with Crippen LogP contribution in [-0.2, 0) is 30.5 Å². The number of benzene rings is 4. The fourth-order valence-corrected chi connectivity index (χ4v) is 21.2. The van der Waals surface area contributed by atoms with Crippen molar-refractivity contribution in [3.8, 4) is 91.5 Å². The zero-order chi connectivity index (χ0) is 93.3. The zero-order valence-corrected chi connectivity index (χ0v) is 77.0. The minimum atomic E-state index is -0.323. The molecule has 1 amide bonds. The molecule has 12 aromatic rings. The number of amides is 1. The molecule has 29 nitrogen and oxygen atoms in total. The van der Waals surface area contributed by atoms with E-state index < -0.39 is 0 Å². The van der Waals surface area contributed by atoms with Crippen molar-refractivity contribution in [1.82, 2.24) is 65.1 Å². The lowest BCUT2D eigenvalue weighted by Gasteiger charge is -2.35. The Morgan fingerprint density at radius 3 is 1.23 bits per heavy atom. The standard InChI is InChI=1S/C26H28FN7O2.C26H29FN6O.C25H28FN5O.C24H27FN6O/c1-14-3-4-16(11-30-14)36-25-31-20-9-17-18(7-15(27)8-19(17)29-2)23(20)24(33-25)34-12-21(32-22(35)10-28)26(13-34)5-6-26;1-14-6-7-17(11-30-14)34-26-31-23-10-18-19(8-16(27)9-22(18)29-2)24(23)25(32-26)33-12-15-4-3-5-21(28)20(15)13-33;1-14-6-7-17(13-29-14)32-24-30-21-11-18-19(9-16(26)10-20(18)28-3)22(21)23(31-24)15-5-4-8-25(2,27)12-15;1-13-11-31(12-15(13)9-26)23-22-19-6-16(25)7-20(27-3)18(19)8-21(22)29-24(30-23)32-17-5-4-14(2)28-10-17/h3-4,7-8,11,21,29H,5-6,9-10,12-13,28H2,1-2H3,(H,32,35);6-9,11,15,20-21,29H,3-5,10,12-13,28H2,1-2H3;6-7,9-10,13,15,28H,4-5,8,11-12,27H2,1-3H3;4-7,10,13,15,27H,8-9,11-12,26H2,1-3H3/t21-;15?,20?,21-;;/m10../s1. The molecule has 0 radical (unpaired) electrons. The molecule has 134 heavy (non-hydrogen) atoms. The Balaban J connectivity index is 0.000000115. The molecule has 33 heteroatoms. The molecule has 4 aromatic carbocycles. The van der Waals surface area contributed by atoms with E-state index in [1.54, 1.807) is 63.1 Å². The van der Waals surface area contributed by atoms with Gasteiger partial charge in [-0.2, -0.15) is 39.9 Å². The van der Waals surface area contributed by atoms with Gasteiger partial charge in [0.25, 0.3) is 0 Å². The molecule has 8 atom stereocenters. The number of nitrogens with zero attached hydrogens (tertiary/aromatic N) is 15. The lowest BCUT2D eigenvalue weighted by atomic mass is 9.75. The van der Waals surface area contributed by atoms with Gasteiger partial charge in [0.1, 0.15) is 63.7 Å². The zero-order valence-electron chi connectivity index (χ0n) is 77.0. The first-order chi connectivity index (χ1) is 64.7. The van der Waals surface area contributed by atoms with E-state index in [-0.39, 0.29) is 82.7 Å². The molecule has 3 aliphatic heterocycles. The van der Waals surface area contributed by atoms with Gasteiger partial charge in [-0.1, -0.05) is 19.8 Å². The average molecular weight is 1820 g/mol. The van der Waals surface area contributed by atoms with E-state index in [0.717, 1.165) is 230 Å². The van der Waals surface area contributed by atoms with Crippen LogP contribution in [0.5, 0.6) is 47.0 Å². The van der Waals surface area contributed by atoms with Gasteiger partial charge in [0, 0.05) is 184 Å². The van der Waals surface area contributed by atoms with E-state index in [2.05, 4.69) is 75.1 Å². The summed E-state index contributed by atoms with van der Waals surface area (Å²) in [5.41, 5.74) is 46.3. The highest BCUT2D eigenvalue weighted by atomic mass is 19.1. The van der Waals surface area contributed by atoms with Crippen molar-refractivity contribution < 1.29 is 41.3 Å². The quantitative estimate of drug-likeness (QED) is 0.0340. The van der Waals surface area contributed by atoms with Gasteiger partial charge in [-0.3, -0.25) is 24.7 Å². The third-order valence-corrected chi connectivity index (χ3v) is 28.2. The highest BCUT2D eigenvalue weighted by Gasteiger charge is 2.57. The normalized spacial score (nSPS) is 20.6. The Morgan fingerprint density at radius 1 is 0.470 bits per heavy atom. The summed E-state index contributed by atoms with van der Waals surface area (Å²) in [6.07, 6.45) is 18.3. The molecular formula is C101H112F4N24O5. The van der Waals surface area contributed by atoms with Gasteiger partial charge in [0.2, 0.25) is 5.91 Å². The number of nitrogens with one attached hydrogen (secondary N) is 5. The molecule has 11 heterocycles. The third-order valence-electron chi connectivity index (χ3n) is 28.2. The number of halogens is 4. The van der Waals surface area contributed by atoms with Crippen LogP contribution in [0.1, 0.15) is 151 Å². The molecule has 7 aliphatic carbocycles. The molecule has 6 fully saturated rings. The first kappa shape index (κ1) is 89.8. The van der Waals surface area contributed by atoms with Crippen molar-refractivity contribution in [2.75, 3.05) is 117 Å². The maximum absolute atomic E-state index is 14.6. The molecule has 3 saturated heterocycles. The minimum absolute atomic E-state index is 0.00404. The topological polar surface area (TPSA) is 383 Å². The molecule has 3 saturated carbocycles. The molecule has 6 unspecified atom stereocenters. The van der Waals surface area contributed by atoms with Gasteiger partial charge in [0.15, 0.2) is 0 Å². The predicted molar refractivity (Wildman–Crippen MR) is 509 cm³/mol. The molecule has 22 rings (SSSR count). The van der Waals surface area contributed by atoms with E-state index in [1.165, 1.54) is 37.1 Å². The van der Waals surface area contributed by atoms with Crippen LogP contribution in [0, 0.1) is 80.1 Å². The van der Waals surface area contributed by atoms with Crippen LogP contribution >= 0.6 is 0 Å². The molecule has 13 N–H and O–H groups in total. The number of fused-ring (bicyclic) bond motifs is 13. The maximum atomic E-state index is 14.6. The summed E-state index contributed by atoms with van der Waals surface area (Å²) in [7, 11) is 7.21. The summed E-state index contributed by atoms with van der Waals surface area (Å²) in [5.74, 6) is 5.26. The predicted octanol–water partition coefficient (Wildman–Crippen LogP) is 15.9. The van der Waals surface area contributed by atoms with E-state index >= 15 is 0 Å².